The van der Waals surface area contributed by atoms with E-state index in [-0.39, 0.29) is 6.10 Å². The molecule has 0 N–H and O–H groups in total. The van der Waals surface area contributed by atoms with E-state index in [1.807, 2.05) is 6.92 Å². The second kappa shape index (κ2) is 4.93. The zero-order valence-corrected chi connectivity index (χ0v) is 6.11. The third-order valence-corrected chi connectivity index (χ3v) is 0.908. The van der Waals surface area contributed by atoms with E-state index in [2.05, 4.69) is 0 Å². The predicted octanol–water partition coefficient (Wildman–Crippen LogP) is 1.20. The lowest BCUT2D eigenvalue weighted by atomic mass is 10.4. The lowest BCUT2D eigenvalue weighted by Crippen LogP contribution is -2.04. The Labute approximate surface area is 59.6 Å². The van der Waals surface area contributed by atoms with Gasteiger partial charge >= 0.3 is 0 Å². The summed E-state index contributed by atoms with van der Waals surface area (Å²) in [5, 5.41) is 9.77. The average molecular weight is 145 g/mol. The Balaban J connectivity index is 3.55. The van der Waals surface area contributed by atoms with Crippen LogP contribution in [0.5, 0.6) is 0 Å². The molecule has 1 unspecified atom stereocenters. The molecule has 0 saturated heterocycles. The quantitative estimate of drug-likeness (QED) is 0.441. The van der Waals surface area contributed by atoms with Crippen LogP contribution in [0.1, 0.15) is 13.8 Å². The molecule has 58 valence electrons. The molecule has 0 heterocycles. The molecule has 1 atom stereocenters. The van der Waals surface area contributed by atoms with Crippen molar-refractivity contribution in [3.8, 4) is 0 Å². The Morgan fingerprint density at radius 1 is 1.80 bits per heavy atom. The van der Waals surface area contributed by atoms with E-state index in [1.54, 1.807) is 6.92 Å². The van der Waals surface area contributed by atoms with Crippen molar-refractivity contribution < 1.29 is 9.66 Å². The third kappa shape index (κ3) is 5.24. The van der Waals surface area contributed by atoms with Gasteiger partial charge in [-0.05, 0) is 13.8 Å². The normalized spacial score (nSPS) is 13.8. The van der Waals surface area contributed by atoms with Gasteiger partial charge in [-0.15, -0.1) is 0 Å². The minimum atomic E-state index is -0.504. The van der Waals surface area contributed by atoms with E-state index >= 15 is 0 Å². The first kappa shape index (κ1) is 9.10. The SMILES string of the molecule is CCOC(C)/C=C/[N+](=O)[O-]. The molecule has 0 spiro atoms. The van der Waals surface area contributed by atoms with Crippen molar-refractivity contribution in [1.29, 1.82) is 0 Å². The third-order valence-electron chi connectivity index (χ3n) is 0.908. The highest BCUT2D eigenvalue weighted by molar-refractivity contribution is 4.79. The highest BCUT2D eigenvalue weighted by atomic mass is 16.6. The molecular formula is C6H11NO3. The van der Waals surface area contributed by atoms with Crippen molar-refractivity contribution >= 4 is 0 Å². The molecule has 0 aliphatic heterocycles. The van der Waals surface area contributed by atoms with Crippen LogP contribution in [0.4, 0.5) is 0 Å². The van der Waals surface area contributed by atoms with Crippen LogP contribution >= 0.6 is 0 Å². The maximum Gasteiger partial charge on any atom is 0.233 e. The number of nitro groups is 1. The lowest BCUT2D eigenvalue weighted by Gasteiger charge is -2.02. The predicted molar refractivity (Wildman–Crippen MR) is 37.2 cm³/mol. The van der Waals surface area contributed by atoms with Crippen molar-refractivity contribution in [2.75, 3.05) is 6.61 Å². The Morgan fingerprint density at radius 2 is 2.40 bits per heavy atom. The summed E-state index contributed by atoms with van der Waals surface area (Å²) < 4.78 is 5.00. The molecule has 0 aliphatic carbocycles. The van der Waals surface area contributed by atoms with Gasteiger partial charge in [0.05, 0.1) is 11.0 Å². The molecule has 0 fully saturated rings. The highest BCUT2D eigenvalue weighted by Gasteiger charge is 1.95. The van der Waals surface area contributed by atoms with Gasteiger partial charge in [-0.25, -0.2) is 0 Å². The molecule has 4 nitrogen and oxygen atoms in total. The summed E-state index contributed by atoms with van der Waals surface area (Å²) in [5.74, 6) is 0. The van der Waals surface area contributed by atoms with E-state index in [0.29, 0.717) is 6.61 Å². The first-order valence-electron chi connectivity index (χ1n) is 3.10. The van der Waals surface area contributed by atoms with Crippen molar-refractivity contribution in [2.45, 2.75) is 20.0 Å². The van der Waals surface area contributed by atoms with Crippen molar-refractivity contribution in [3.63, 3.8) is 0 Å². The van der Waals surface area contributed by atoms with Gasteiger partial charge in [-0.1, -0.05) is 0 Å². The summed E-state index contributed by atoms with van der Waals surface area (Å²) in [4.78, 5) is 9.27. The van der Waals surface area contributed by atoms with Gasteiger partial charge < -0.3 is 4.74 Å². The fraction of sp³-hybridized carbons (Fsp3) is 0.667. The molecule has 0 aromatic carbocycles. The fourth-order valence-corrected chi connectivity index (χ4v) is 0.510. The van der Waals surface area contributed by atoms with Crippen LogP contribution < -0.4 is 0 Å². The van der Waals surface area contributed by atoms with Gasteiger partial charge in [0.1, 0.15) is 0 Å². The van der Waals surface area contributed by atoms with Gasteiger partial charge in [-0.2, -0.15) is 0 Å². The second-order valence-corrected chi connectivity index (χ2v) is 1.79. The monoisotopic (exact) mass is 145 g/mol. The zero-order chi connectivity index (χ0) is 7.98. The highest BCUT2D eigenvalue weighted by Crippen LogP contribution is 1.91. The van der Waals surface area contributed by atoms with E-state index < -0.39 is 4.92 Å². The van der Waals surface area contributed by atoms with E-state index in [4.69, 9.17) is 4.74 Å². The summed E-state index contributed by atoms with van der Waals surface area (Å²) in [5.41, 5.74) is 0. The summed E-state index contributed by atoms with van der Waals surface area (Å²) in [6.07, 6.45) is 2.12. The molecule has 0 amide bonds. The minimum Gasteiger partial charge on any atom is -0.374 e. The standard InChI is InChI=1S/C6H11NO3/c1-3-10-6(2)4-5-7(8)9/h4-6H,3H2,1-2H3/b5-4+. The number of ether oxygens (including phenoxy) is 1. The van der Waals surface area contributed by atoms with Crippen LogP contribution in [0.2, 0.25) is 0 Å². The summed E-state index contributed by atoms with van der Waals surface area (Å²) in [6, 6.07) is 0. The van der Waals surface area contributed by atoms with E-state index in [1.165, 1.54) is 6.08 Å². The van der Waals surface area contributed by atoms with Gasteiger partial charge in [-0.3, -0.25) is 10.1 Å². The summed E-state index contributed by atoms with van der Waals surface area (Å²) in [6.45, 7) is 4.17. The van der Waals surface area contributed by atoms with E-state index in [0.717, 1.165) is 6.20 Å². The van der Waals surface area contributed by atoms with Crippen LogP contribution in [0, 0.1) is 10.1 Å². The van der Waals surface area contributed by atoms with E-state index in [9.17, 15) is 10.1 Å². The van der Waals surface area contributed by atoms with Crippen molar-refractivity contribution in [2.24, 2.45) is 0 Å². The molecule has 4 heteroatoms. The molecular weight excluding hydrogens is 134 g/mol. The molecule has 0 radical (unpaired) electrons. The van der Waals surface area contributed by atoms with Gasteiger partial charge in [0.15, 0.2) is 0 Å². The second-order valence-electron chi connectivity index (χ2n) is 1.79. The maximum absolute atomic E-state index is 9.77. The first-order chi connectivity index (χ1) is 4.66. The summed E-state index contributed by atoms with van der Waals surface area (Å²) >= 11 is 0. The molecule has 0 rings (SSSR count). The minimum absolute atomic E-state index is 0.171. The molecule has 0 aromatic heterocycles. The van der Waals surface area contributed by atoms with Crippen molar-refractivity contribution in [1.82, 2.24) is 0 Å². The molecule has 0 saturated carbocycles. The zero-order valence-electron chi connectivity index (χ0n) is 6.11. The molecule has 0 bridgehead atoms. The Hall–Kier alpha value is -0.900. The number of nitrogens with zero attached hydrogens (tertiary/aromatic N) is 1. The topological polar surface area (TPSA) is 52.4 Å². The number of hydrogen-bond acceptors (Lipinski definition) is 3. The summed E-state index contributed by atoms with van der Waals surface area (Å²) in [7, 11) is 0. The Bertz CT molecular complexity index is 133. The van der Waals surface area contributed by atoms with Crippen LogP contribution in [-0.2, 0) is 4.74 Å². The Kier molecular flexibility index (Phi) is 4.49. The Morgan fingerprint density at radius 3 is 2.80 bits per heavy atom. The lowest BCUT2D eigenvalue weighted by molar-refractivity contribution is -0.403. The fourth-order valence-electron chi connectivity index (χ4n) is 0.510. The number of rotatable bonds is 4. The molecule has 0 aromatic rings. The number of hydrogen-bond donors (Lipinski definition) is 0. The van der Waals surface area contributed by atoms with Gasteiger partial charge in [0, 0.05) is 12.7 Å². The average Bonchev–Trinajstić information content (AvgIpc) is 1.85. The van der Waals surface area contributed by atoms with Gasteiger partial charge in [0.2, 0.25) is 6.20 Å². The van der Waals surface area contributed by atoms with Gasteiger partial charge in [0.25, 0.3) is 0 Å². The van der Waals surface area contributed by atoms with Crippen LogP contribution in [-0.4, -0.2) is 17.6 Å². The van der Waals surface area contributed by atoms with Crippen LogP contribution in [0.3, 0.4) is 0 Å². The van der Waals surface area contributed by atoms with Crippen LogP contribution in [0.25, 0.3) is 0 Å². The van der Waals surface area contributed by atoms with Crippen LogP contribution in [0.15, 0.2) is 12.3 Å². The maximum atomic E-state index is 9.77. The molecule has 0 aliphatic rings. The first-order valence-corrected chi connectivity index (χ1v) is 3.10. The van der Waals surface area contributed by atoms with Crippen molar-refractivity contribution in [3.05, 3.63) is 22.4 Å². The smallest absolute Gasteiger partial charge is 0.233 e. The molecule has 10 heavy (non-hydrogen) atoms. The largest absolute Gasteiger partial charge is 0.374 e.